The predicted molar refractivity (Wildman–Crippen MR) is 76.4 cm³/mol. The molecule has 0 aliphatic carbocycles. The van der Waals surface area contributed by atoms with E-state index < -0.39 is 5.91 Å². The molecule has 21 heavy (non-hydrogen) atoms. The van der Waals surface area contributed by atoms with Gasteiger partial charge in [-0.1, -0.05) is 5.21 Å². The maximum absolute atomic E-state index is 11.1. The molecule has 0 fully saturated rings. The summed E-state index contributed by atoms with van der Waals surface area (Å²) < 4.78 is 12.3. The zero-order valence-electron chi connectivity index (χ0n) is 12.1. The number of aromatic nitrogens is 3. The maximum Gasteiger partial charge on any atom is 0.271 e. The summed E-state index contributed by atoms with van der Waals surface area (Å²) in [6, 6.07) is 7.39. The monoisotopic (exact) mass is 290 g/mol. The van der Waals surface area contributed by atoms with Crippen molar-refractivity contribution in [3.8, 4) is 11.5 Å². The molecular formula is C14H18N4O3. The lowest BCUT2D eigenvalue weighted by atomic mass is 10.3. The third-order valence-electron chi connectivity index (χ3n) is 3.06. The van der Waals surface area contributed by atoms with Gasteiger partial charge in [-0.2, -0.15) is 0 Å². The van der Waals surface area contributed by atoms with Crippen molar-refractivity contribution in [1.29, 1.82) is 0 Å². The largest absolute Gasteiger partial charge is 0.497 e. The van der Waals surface area contributed by atoms with E-state index in [1.165, 1.54) is 0 Å². The lowest BCUT2D eigenvalue weighted by Gasteiger charge is -2.07. The summed E-state index contributed by atoms with van der Waals surface area (Å²) >= 11 is 0. The average Bonchev–Trinajstić information content (AvgIpc) is 2.85. The Kier molecular flexibility index (Phi) is 4.76. The molecule has 0 radical (unpaired) electrons. The summed E-state index contributed by atoms with van der Waals surface area (Å²) in [4.78, 5) is 11.1. The van der Waals surface area contributed by atoms with Crippen LogP contribution in [0, 0.1) is 6.92 Å². The van der Waals surface area contributed by atoms with Gasteiger partial charge in [-0.05, 0) is 31.2 Å². The number of amides is 1. The van der Waals surface area contributed by atoms with Gasteiger partial charge < -0.3 is 15.2 Å². The Morgan fingerprint density at radius 1 is 1.29 bits per heavy atom. The van der Waals surface area contributed by atoms with Crippen LogP contribution in [0.4, 0.5) is 0 Å². The minimum Gasteiger partial charge on any atom is -0.497 e. The molecule has 0 aliphatic rings. The van der Waals surface area contributed by atoms with Gasteiger partial charge in [0, 0.05) is 13.0 Å². The van der Waals surface area contributed by atoms with E-state index in [1.54, 1.807) is 18.7 Å². The van der Waals surface area contributed by atoms with E-state index in [0.717, 1.165) is 17.9 Å². The van der Waals surface area contributed by atoms with Crippen LogP contribution in [0.25, 0.3) is 0 Å². The summed E-state index contributed by atoms with van der Waals surface area (Å²) in [5, 5.41) is 7.65. The van der Waals surface area contributed by atoms with Gasteiger partial charge in [0.1, 0.15) is 11.5 Å². The van der Waals surface area contributed by atoms with Crippen LogP contribution >= 0.6 is 0 Å². The highest BCUT2D eigenvalue weighted by Gasteiger charge is 2.12. The SMILES string of the molecule is COc1ccc(OCCCn2nnc(C(N)=O)c2C)cc1. The van der Waals surface area contributed by atoms with Crippen molar-refractivity contribution >= 4 is 5.91 Å². The molecule has 0 spiro atoms. The summed E-state index contributed by atoms with van der Waals surface area (Å²) in [6.07, 6.45) is 0.744. The fourth-order valence-electron chi connectivity index (χ4n) is 1.88. The normalized spacial score (nSPS) is 10.4. The molecule has 1 aromatic heterocycles. The number of rotatable bonds is 7. The van der Waals surface area contributed by atoms with Crippen molar-refractivity contribution in [3.63, 3.8) is 0 Å². The van der Waals surface area contributed by atoms with Crippen molar-refractivity contribution in [2.45, 2.75) is 19.9 Å². The molecule has 7 heteroatoms. The number of nitrogens with two attached hydrogens (primary N) is 1. The number of carbonyl (C=O) groups is 1. The minimum absolute atomic E-state index is 0.214. The first kappa shape index (κ1) is 14.8. The first-order chi connectivity index (χ1) is 10.1. The smallest absolute Gasteiger partial charge is 0.271 e. The van der Waals surface area contributed by atoms with Crippen LogP contribution in [0.2, 0.25) is 0 Å². The first-order valence-electron chi connectivity index (χ1n) is 6.58. The molecule has 0 saturated carbocycles. The number of carbonyl (C=O) groups excluding carboxylic acids is 1. The molecule has 7 nitrogen and oxygen atoms in total. The Hall–Kier alpha value is -2.57. The minimum atomic E-state index is -0.562. The summed E-state index contributed by atoms with van der Waals surface area (Å²) in [5.41, 5.74) is 6.08. The van der Waals surface area contributed by atoms with E-state index in [0.29, 0.717) is 18.8 Å². The average molecular weight is 290 g/mol. The standard InChI is InChI=1S/C14H18N4O3/c1-10-13(14(15)19)16-17-18(10)8-3-9-21-12-6-4-11(20-2)5-7-12/h4-7H,3,8-9H2,1-2H3,(H2,15,19). The van der Waals surface area contributed by atoms with E-state index in [2.05, 4.69) is 10.3 Å². The molecule has 1 amide bonds. The molecule has 0 unspecified atom stereocenters. The van der Waals surface area contributed by atoms with Crippen molar-refractivity contribution in [1.82, 2.24) is 15.0 Å². The highest BCUT2D eigenvalue weighted by molar-refractivity contribution is 5.91. The summed E-state index contributed by atoms with van der Waals surface area (Å²) in [7, 11) is 1.62. The Bertz CT molecular complexity index is 607. The Morgan fingerprint density at radius 2 is 1.95 bits per heavy atom. The molecule has 112 valence electrons. The van der Waals surface area contributed by atoms with Crippen molar-refractivity contribution < 1.29 is 14.3 Å². The second-order valence-electron chi connectivity index (χ2n) is 4.49. The third-order valence-corrected chi connectivity index (χ3v) is 3.06. The van der Waals surface area contributed by atoms with Gasteiger partial charge >= 0.3 is 0 Å². The van der Waals surface area contributed by atoms with Crippen molar-refractivity contribution in [2.24, 2.45) is 5.73 Å². The number of benzene rings is 1. The zero-order chi connectivity index (χ0) is 15.2. The Morgan fingerprint density at radius 3 is 2.52 bits per heavy atom. The fourth-order valence-corrected chi connectivity index (χ4v) is 1.88. The van der Waals surface area contributed by atoms with E-state index >= 15 is 0 Å². The maximum atomic E-state index is 11.1. The highest BCUT2D eigenvalue weighted by atomic mass is 16.5. The van der Waals surface area contributed by atoms with Gasteiger partial charge in [-0.3, -0.25) is 4.79 Å². The van der Waals surface area contributed by atoms with Gasteiger partial charge in [0.15, 0.2) is 5.69 Å². The van der Waals surface area contributed by atoms with E-state index in [-0.39, 0.29) is 5.69 Å². The van der Waals surface area contributed by atoms with Gasteiger partial charge in [0.25, 0.3) is 5.91 Å². The lowest BCUT2D eigenvalue weighted by molar-refractivity contribution is 0.0995. The van der Waals surface area contributed by atoms with Gasteiger partial charge in [0.2, 0.25) is 0 Å². The second-order valence-corrected chi connectivity index (χ2v) is 4.49. The Balaban J connectivity index is 1.80. The third kappa shape index (κ3) is 3.71. The number of hydrogen-bond donors (Lipinski definition) is 1. The van der Waals surface area contributed by atoms with E-state index in [1.807, 2.05) is 24.3 Å². The highest BCUT2D eigenvalue weighted by Crippen LogP contribution is 2.17. The van der Waals surface area contributed by atoms with Crippen LogP contribution in [-0.4, -0.2) is 34.6 Å². The topological polar surface area (TPSA) is 92.3 Å². The molecule has 0 aliphatic heterocycles. The molecule has 2 aromatic rings. The molecule has 0 bridgehead atoms. The summed E-state index contributed by atoms with van der Waals surface area (Å²) in [5.74, 6) is 1.01. The molecule has 0 saturated heterocycles. The van der Waals surface area contributed by atoms with Gasteiger partial charge in [-0.25, -0.2) is 4.68 Å². The van der Waals surface area contributed by atoms with Crippen molar-refractivity contribution in [2.75, 3.05) is 13.7 Å². The Labute approximate surface area is 122 Å². The molecule has 2 rings (SSSR count). The molecule has 1 heterocycles. The molecule has 1 aromatic carbocycles. The van der Waals surface area contributed by atoms with Crippen LogP contribution in [-0.2, 0) is 6.54 Å². The van der Waals surface area contributed by atoms with Crippen molar-refractivity contribution in [3.05, 3.63) is 35.7 Å². The predicted octanol–water partition coefficient (Wildman–Crippen LogP) is 1.16. The molecule has 0 atom stereocenters. The van der Waals surface area contributed by atoms with Gasteiger partial charge in [-0.15, -0.1) is 5.10 Å². The quantitative estimate of drug-likeness (QED) is 0.772. The van der Waals surface area contributed by atoms with E-state index in [4.69, 9.17) is 15.2 Å². The lowest BCUT2D eigenvalue weighted by Crippen LogP contribution is -2.14. The zero-order valence-corrected chi connectivity index (χ0v) is 12.1. The number of aryl methyl sites for hydroxylation is 1. The number of hydrogen-bond acceptors (Lipinski definition) is 5. The molecular weight excluding hydrogens is 272 g/mol. The number of primary amides is 1. The number of methoxy groups -OCH3 is 1. The fraction of sp³-hybridized carbons (Fsp3) is 0.357. The first-order valence-corrected chi connectivity index (χ1v) is 6.58. The van der Waals surface area contributed by atoms with Crippen LogP contribution in [0.1, 0.15) is 22.6 Å². The second kappa shape index (κ2) is 6.74. The number of nitrogens with zero attached hydrogens (tertiary/aromatic N) is 3. The van der Waals surface area contributed by atoms with Crippen LogP contribution in [0.3, 0.4) is 0 Å². The van der Waals surface area contributed by atoms with Crippen LogP contribution in [0.5, 0.6) is 11.5 Å². The summed E-state index contributed by atoms with van der Waals surface area (Å²) in [6.45, 7) is 2.92. The number of ether oxygens (including phenoxy) is 2. The molecule has 2 N–H and O–H groups in total. The van der Waals surface area contributed by atoms with Crippen LogP contribution in [0.15, 0.2) is 24.3 Å². The van der Waals surface area contributed by atoms with E-state index in [9.17, 15) is 4.79 Å². The van der Waals surface area contributed by atoms with Crippen LogP contribution < -0.4 is 15.2 Å². The van der Waals surface area contributed by atoms with Gasteiger partial charge in [0.05, 0.1) is 19.4 Å².